The first-order chi connectivity index (χ1) is 15.2. The molecule has 0 saturated carbocycles. The molecule has 156 valence electrons. The Morgan fingerprint density at radius 1 is 1.03 bits per heavy atom. The second-order valence-corrected chi connectivity index (χ2v) is 7.83. The Hall–Kier alpha value is -3.59. The molecule has 8 nitrogen and oxygen atoms in total. The molecule has 0 unspecified atom stereocenters. The van der Waals surface area contributed by atoms with Gasteiger partial charge in [-0.05, 0) is 36.8 Å². The molecule has 0 atom stereocenters. The lowest BCUT2D eigenvalue weighted by atomic mass is 10.1. The molecule has 0 aliphatic heterocycles. The van der Waals surface area contributed by atoms with Crippen LogP contribution in [0.5, 0.6) is 11.5 Å². The fraction of sp³-hybridized carbons (Fsp3) is 0.182. The van der Waals surface area contributed by atoms with Gasteiger partial charge in [0.05, 0.1) is 31.1 Å². The lowest BCUT2D eigenvalue weighted by Crippen LogP contribution is -1.93. The summed E-state index contributed by atoms with van der Waals surface area (Å²) in [6, 6.07) is 15.7. The quantitative estimate of drug-likeness (QED) is 0.361. The Bertz CT molecular complexity index is 1390. The van der Waals surface area contributed by atoms with Gasteiger partial charge in [-0.15, -0.1) is 10.2 Å². The standard InChI is InChI=1S/C22H19N5O3S/c1-13-10-19-24-25-22(27(19)17-7-5-4-6-15(13)17)31-12-20-23-21(26-30-20)16-9-8-14(28-2)11-18(16)29-3/h4-11H,12H2,1-3H3. The summed E-state index contributed by atoms with van der Waals surface area (Å²) in [6.45, 7) is 2.08. The number of thioether (sulfide) groups is 1. The van der Waals surface area contributed by atoms with E-state index in [1.807, 2.05) is 30.3 Å². The zero-order valence-electron chi connectivity index (χ0n) is 17.2. The molecular weight excluding hydrogens is 414 g/mol. The van der Waals surface area contributed by atoms with Crippen LogP contribution in [0.25, 0.3) is 27.9 Å². The van der Waals surface area contributed by atoms with E-state index in [2.05, 4.69) is 43.8 Å². The topological polar surface area (TPSA) is 87.6 Å². The van der Waals surface area contributed by atoms with Gasteiger partial charge in [-0.25, -0.2) is 0 Å². The van der Waals surface area contributed by atoms with Crippen molar-refractivity contribution in [3.8, 4) is 22.9 Å². The van der Waals surface area contributed by atoms with E-state index in [-0.39, 0.29) is 0 Å². The fourth-order valence-corrected chi connectivity index (χ4v) is 4.29. The monoisotopic (exact) mass is 433 g/mol. The molecule has 3 aromatic heterocycles. The molecule has 5 aromatic rings. The predicted octanol–water partition coefficient (Wildman–Crippen LogP) is 4.55. The Morgan fingerprint density at radius 2 is 1.90 bits per heavy atom. The van der Waals surface area contributed by atoms with Gasteiger partial charge >= 0.3 is 0 Å². The van der Waals surface area contributed by atoms with Crippen molar-refractivity contribution in [2.24, 2.45) is 0 Å². The van der Waals surface area contributed by atoms with E-state index in [0.29, 0.717) is 29.0 Å². The number of fused-ring (bicyclic) bond motifs is 3. The van der Waals surface area contributed by atoms with Crippen LogP contribution < -0.4 is 9.47 Å². The Kier molecular flexibility index (Phi) is 4.95. The summed E-state index contributed by atoms with van der Waals surface area (Å²) in [7, 11) is 3.20. The molecule has 5 rings (SSSR count). The molecule has 3 heterocycles. The van der Waals surface area contributed by atoms with Gasteiger partial charge in [0.1, 0.15) is 11.5 Å². The molecule has 0 aliphatic carbocycles. The van der Waals surface area contributed by atoms with Gasteiger partial charge in [-0.3, -0.25) is 4.40 Å². The van der Waals surface area contributed by atoms with Crippen LogP contribution in [0.4, 0.5) is 0 Å². The van der Waals surface area contributed by atoms with Crippen molar-refractivity contribution >= 4 is 28.3 Å². The van der Waals surface area contributed by atoms with Gasteiger partial charge in [0.2, 0.25) is 11.7 Å². The number of hydrogen-bond donors (Lipinski definition) is 0. The second-order valence-electron chi connectivity index (χ2n) is 6.89. The fourth-order valence-electron chi connectivity index (χ4n) is 3.50. The number of aryl methyl sites for hydroxylation is 1. The zero-order chi connectivity index (χ0) is 21.4. The third-order valence-electron chi connectivity index (χ3n) is 5.02. The zero-order valence-corrected chi connectivity index (χ0v) is 18.0. The summed E-state index contributed by atoms with van der Waals surface area (Å²) in [5, 5.41) is 14.7. The number of rotatable bonds is 6. The molecule has 2 aromatic carbocycles. The molecule has 31 heavy (non-hydrogen) atoms. The summed E-state index contributed by atoms with van der Waals surface area (Å²) in [4.78, 5) is 4.52. The van der Waals surface area contributed by atoms with Gasteiger partial charge in [0.25, 0.3) is 0 Å². The first-order valence-electron chi connectivity index (χ1n) is 9.59. The molecular formula is C22H19N5O3S. The number of benzene rings is 2. The number of hydrogen-bond acceptors (Lipinski definition) is 8. The summed E-state index contributed by atoms with van der Waals surface area (Å²) < 4.78 is 18.2. The van der Waals surface area contributed by atoms with Crippen LogP contribution >= 0.6 is 11.8 Å². The van der Waals surface area contributed by atoms with E-state index in [1.165, 1.54) is 22.7 Å². The van der Waals surface area contributed by atoms with Gasteiger partial charge in [-0.2, -0.15) is 4.98 Å². The number of ether oxygens (including phenoxy) is 2. The third kappa shape index (κ3) is 3.46. The Morgan fingerprint density at radius 3 is 2.74 bits per heavy atom. The first-order valence-corrected chi connectivity index (χ1v) is 10.6. The predicted molar refractivity (Wildman–Crippen MR) is 118 cm³/mol. The van der Waals surface area contributed by atoms with E-state index in [1.54, 1.807) is 20.3 Å². The average Bonchev–Trinajstić information content (AvgIpc) is 3.44. The normalized spacial score (nSPS) is 11.3. The third-order valence-corrected chi connectivity index (χ3v) is 5.93. The Labute approximate surface area is 182 Å². The summed E-state index contributed by atoms with van der Waals surface area (Å²) >= 11 is 1.50. The highest BCUT2D eigenvalue weighted by molar-refractivity contribution is 7.98. The van der Waals surface area contributed by atoms with Crippen molar-refractivity contribution < 1.29 is 14.0 Å². The van der Waals surface area contributed by atoms with Crippen LogP contribution in [0.1, 0.15) is 11.5 Å². The minimum Gasteiger partial charge on any atom is -0.497 e. The van der Waals surface area contributed by atoms with Crippen LogP contribution in [-0.4, -0.2) is 39.0 Å². The molecule has 0 aliphatic rings. The summed E-state index contributed by atoms with van der Waals surface area (Å²) in [5.74, 6) is 2.73. The molecule has 0 N–H and O–H groups in total. The SMILES string of the molecule is COc1ccc(-c2noc(CSc3nnc4cc(C)c5ccccc5n34)n2)c(OC)c1. The van der Waals surface area contributed by atoms with Crippen molar-refractivity contribution in [3.63, 3.8) is 0 Å². The first kappa shape index (κ1) is 19.4. The highest BCUT2D eigenvalue weighted by atomic mass is 32.2. The summed E-state index contributed by atoms with van der Waals surface area (Å²) in [5.41, 5.74) is 3.78. The van der Waals surface area contributed by atoms with Crippen LogP contribution in [0.15, 0.2) is 58.2 Å². The van der Waals surface area contributed by atoms with Crippen molar-refractivity contribution in [3.05, 3.63) is 60.0 Å². The van der Waals surface area contributed by atoms with Crippen LogP contribution in [0, 0.1) is 6.92 Å². The van der Waals surface area contributed by atoms with Gasteiger partial charge in [-0.1, -0.05) is 35.1 Å². The van der Waals surface area contributed by atoms with Crippen molar-refractivity contribution in [2.45, 2.75) is 17.8 Å². The molecule has 0 fully saturated rings. The number of aromatic nitrogens is 5. The summed E-state index contributed by atoms with van der Waals surface area (Å²) in [6.07, 6.45) is 0. The van der Waals surface area contributed by atoms with Crippen LogP contribution in [-0.2, 0) is 5.75 Å². The van der Waals surface area contributed by atoms with Crippen molar-refractivity contribution in [2.75, 3.05) is 14.2 Å². The molecule has 0 amide bonds. The average molecular weight is 433 g/mol. The van der Waals surface area contributed by atoms with E-state index in [9.17, 15) is 0 Å². The molecule has 0 saturated heterocycles. The lowest BCUT2D eigenvalue weighted by molar-refractivity contribution is 0.388. The minimum atomic E-state index is 0.460. The van der Waals surface area contributed by atoms with Crippen molar-refractivity contribution in [1.29, 1.82) is 0 Å². The largest absolute Gasteiger partial charge is 0.497 e. The number of pyridine rings is 1. The number of methoxy groups -OCH3 is 2. The smallest absolute Gasteiger partial charge is 0.237 e. The number of nitrogens with zero attached hydrogens (tertiary/aromatic N) is 5. The maximum Gasteiger partial charge on any atom is 0.237 e. The van der Waals surface area contributed by atoms with E-state index < -0.39 is 0 Å². The highest BCUT2D eigenvalue weighted by Crippen LogP contribution is 2.32. The van der Waals surface area contributed by atoms with Crippen molar-refractivity contribution in [1.82, 2.24) is 24.7 Å². The van der Waals surface area contributed by atoms with Gasteiger partial charge < -0.3 is 14.0 Å². The van der Waals surface area contributed by atoms with Crippen LogP contribution in [0.3, 0.4) is 0 Å². The van der Waals surface area contributed by atoms with E-state index in [0.717, 1.165) is 21.9 Å². The highest BCUT2D eigenvalue weighted by Gasteiger charge is 2.16. The number of para-hydroxylation sites is 1. The van der Waals surface area contributed by atoms with E-state index in [4.69, 9.17) is 14.0 Å². The van der Waals surface area contributed by atoms with E-state index >= 15 is 0 Å². The van der Waals surface area contributed by atoms with Gasteiger partial charge in [0.15, 0.2) is 10.8 Å². The minimum absolute atomic E-state index is 0.460. The van der Waals surface area contributed by atoms with Gasteiger partial charge in [0, 0.05) is 11.5 Å². The second kappa shape index (κ2) is 7.92. The molecule has 0 spiro atoms. The maximum atomic E-state index is 5.47. The van der Waals surface area contributed by atoms with Crippen LogP contribution in [0.2, 0.25) is 0 Å². The maximum absolute atomic E-state index is 5.47. The Balaban J connectivity index is 1.43. The lowest BCUT2D eigenvalue weighted by Gasteiger charge is -2.07. The molecule has 0 bridgehead atoms. The molecule has 9 heteroatoms. The molecule has 0 radical (unpaired) electrons.